The Labute approximate surface area is 111 Å². The van der Waals surface area contributed by atoms with Gasteiger partial charge in [0.15, 0.2) is 5.11 Å². The maximum absolute atomic E-state index is 5.24. The van der Waals surface area contributed by atoms with Crippen molar-refractivity contribution in [2.45, 2.75) is 32.7 Å². The van der Waals surface area contributed by atoms with Gasteiger partial charge in [-0.2, -0.15) is 0 Å². The van der Waals surface area contributed by atoms with Gasteiger partial charge in [-0.1, -0.05) is 29.8 Å². The third kappa shape index (κ3) is 4.49. The first-order valence-electron chi connectivity index (χ1n) is 5.48. The number of benzene rings is 1. The maximum Gasteiger partial charge on any atom is 0.170 e. The molecule has 88 valence electrons. The second-order valence-corrected chi connectivity index (χ2v) is 4.94. The first-order chi connectivity index (χ1) is 7.65. The first kappa shape index (κ1) is 13.5. The molecule has 0 radical (unpaired) electrons. The molecule has 16 heavy (non-hydrogen) atoms. The van der Waals surface area contributed by atoms with E-state index in [1.54, 1.807) is 0 Å². The lowest BCUT2D eigenvalue weighted by Gasteiger charge is -2.17. The monoisotopic (exact) mass is 300 g/mol. The molecule has 1 aromatic rings. The minimum absolute atomic E-state index is 0.454. The molecule has 0 aliphatic heterocycles. The maximum atomic E-state index is 5.24. The predicted octanol–water partition coefficient (Wildman–Crippen LogP) is 3.92. The molecule has 4 heteroatoms. The first-order valence-corrected chi connectivity index (χ1v) is 6.69. The van der Waals surface area contributed by atoms with E-state index < -0.39 is 0 Å². The van der Waals surface area contributed by atoms with Crippen LogP contribution in [0.3, 0.4) is 0 Å². The summed E-state index contributed by atoms with van der Waals surface area (Å²) >= 11 is 8.64. The summed E-state index contributed by atoms with van der Waals surface area (Å²) in [4.78, 5) is 0. The van der Waals surface area contributed by atoms with Crippen molar-refractivity contribution in [3.8, 4) is 0 Å². The van der Waals surface area contributed by atoms with Crippen molar-refractivity contribution in [2.24, 2.45) is 0 Å². The van der Waals surface area contributed by atoms with E-state index >= 15 is 0 Å². The van der Waals surface area contributed by atoms with Gasteiger partial charge in [-0.15, -0.1) is 0 Å². The largest absolute Gasteiger partial charge is 0.360 e. The quantitative estimate of drug-likeness (QED) is 0.824. The summed E-state index contributed by atoms with van der Waals surface area (Å²) in [5, 5.41) is 7.15. The van der Waals surface area contributed by atoms with E-state index in [-0.39, 0.29) is 0 Å². The SMILES string of the molecule is CCC(CC)NC(=S)Nc1ccc(Br)cc1. The molecule has 0 fully saturated rings. The van der Waals surface area contributed by atoms with Crippen LogP contribution in [0.25, 0.3) is 0 Å². The van der Waals surface area contributed by atoms with Crippen LogP contribution in [0.2, 0.25) is 0 Å². The Morgan fingerprint density at radius 1 is 1.25 bits per heavy atom. The molecule has 0 amide bonds. The molecule has 2 N–H and O–H groups in total. The Hall–Kier alpha value is -0.610. The average molecular weight is 301 g/mol. The summed E-state index contributed by atoms with van der Waals surface area (Å²) < 4.78 is 1.07. The fourth-order valence-electron chi connectivity index (χ4n) is 1.38. The molecular formula is C12H17BrN2S. The van der Waals surface area contributed by atoms with Crippen LogP contribution in [0.15, 0.2) is 28.7 Å². The molecule has 0 unspecified atom stereocenters. The number of hydrogen-bond donors (Lipinski definition) is 2. The smallest absolute Gasteiger partial charge is 0.170 e. The number of rotatable bonds is 4. The molecule has 0 spiro atoms. The molecule has 0 heterocycles. The fraction of sp³-hybridized carbons (Fsp3) is 0.417. The second kappa shape index (κ2) is 6.86. The van der Waals surface area contributed by atoms with E-state index in [1.807, 2.05) is 24.3 Å². The number of anilines is 1. The topological polar surface area (TPSA) is 24.1 Å². The number of nitrogens with one attached hydrogen (secondary N) is 2. The highest BCUT2D eigenvalue weighted by Crippen LogP contribution is 2.14. The lowest BCUT2D eigenvalue weighted by atomic mass is 10.2. The third-order valence-corrected chi connectivity index (χ3v) is 3.17. The Morgan fingerprint density at radius 3 is 2.31 bits per heavy atom. The zero-order valence-corrected chi connectivity index (χ0v) is 12.0. The summed E-state index contributed by atoms with van der Waals surface area (Å²) in [6.07, 6.45) is 2.16. The second-order valence-electron chi connectivity index (χ2n) is 3.62. The van der Waals surface area contributed by atoms with Crippen LogP contribution in [0.5, 0.6) is 0 Å². The van der Waals surface area contributed by atoms with Crippen molar-refractivity contribution >= 4 is 38.9 Å². The number of hydrogen-bond acceptors (Lipinski definition) is 1. The highest BCUT2D eigenvalue weighted by molar-refractivity contribution is 9.10. The van der Waals surface area contributed by atoms with Gasteiger partial charge in [-0.25, -0.2) is 0 Å². The molecule has 1 aromatic carbocycles. The molecule has 0 atom stereocenters. The van der Waals surface area contributed by atoms with E-state index in [9.17, 15) is 0 Å². The molecule has 1 rings (SSSR count). The Bertz CT molecular complexity index is 333. The fourth-order valence-corrected chi connectivity index (χ4v) is 1.93. The molecule has 0 saturated heterocycles. The third-order valence-electron chi connectivity index (χ3n) is 2.42. The van der Waals surface area contributed by atoms with Crippen LogP contribution in [0.4, 0.5) is 5.69 Å². The lowest BCUT2D eigenvalue weighted by molar-refractivity contribution is 0.573. The van der Waals surface area contributed by atoms with E-state index in [2.05, 4.69) is 40.4 Å². The molecule has 0 aliphatic rings. The molecule has 0 saturated carbocycles. The van der Waals surface area contributed by atoms with Crippen molar-refractivity contribution in [1.82, 2.24) is 5.32 Å². The van der Waals surface area contributed by atoms with Gasteiger partial charge in [0.2, 0.25) is 0 Å². The van der Waals surface area contributed by atoms with Gasteiger partial charge in [0.25, 0.3) is 0 Å². The zero-order chi connectivity index (χ0) is 12.0. The minimum Gasteiger partial charge on any atom is -0.360 e. The summed E-state index contributed by atoms with van der Waals surface area (Å²) in [6, 6.07) is 8.41. The summed E-state index contributed by atoms with van der Waals surface area (Å²) in [7, 11) is 0. The van der Waals surface area contributed by atoms with Crippen LogP contribution in [0, 0.1) is 0 Å². The Balaban J connectivity index is 2.48. The summed E-state index contributed by atoms with van der Waals surface area (Å²) in [5.74, 6) is 0. The van der Waals surface area contributed by atoms with Crippen LogP contribution in [0.1, 0.15) is 26.7 Å². The van der Waals surface area contributed by atoms with Gasteiger partial charge in [0, 0.05) is 16.2 Å². The van der Waals surface area contributed by atoms with Gasteiger partial charge in [-0.3, -0.25) is 0 Å². The lowest BCUT2D eigenvalue weighted by Crippen LogP contribution is -2.36. The number of halogens is 1. The van der Waals surface area contributed by atoms with Gasteiger partial charge in [0.05, 0.1) is 0 Å². The van der Waals surface area contributed by atoms with Crippen LogP contribution >= 0.6 is 28.1 Å². The van der Waals surface area contributed by atoms with E-state index in [4.69, 9.17) is 12.2 Å². The highest BCUT2D eigenvalue weighted by atomic mass is 79.9. The van der Waals surface area contributed by atoms with Crippen LogP contribution in [-0.4, -0.2) is 11.2 Å². The summed E-state index contributed by atoms with van der Waals surface area (Å²) in [6.45, 7) is 4.31. The van der Waals surface area contributed by atoms with Crippen molar-refractivity contribution in [3.05, 3.63) is 28.7 Å². The number of thiocarbonyl (C=S) groups is 1. The molecule has 0 bridgehead atoms. The molecular weight excluding hydrogens is 284 g/mol. The normalized spacial score (nSPS) is 10.2. The van der Waals surface area contributed by atoms with Gasteiger partial charge < -0.3 is 10.6 Å². The molecule has 0 aliphatic carbocycles. The van der Waals surface area contributed by atoms with Crippen molar-refractivity contribution in [3.63, 3.8) is 0 Å². The Morgan fingerprint density at radius 2 is 1.81 bits per heavy atom. The highest BCUT2D eigenvalue weighted by Gasteiger charge is 2.04. The molecule has 0 aromatic heterocycles. The molecule has 2 nitrogen and oxygen atoms in total. The van der Waals surface area contributed by atoms with Crippen molar-refractivity contribution in [2.75, 3.05) is 5.32 Å². The standard InChI is InChI=1S/C12H17BrN2S/c1-3-10(4-2)14-12(16)15-11-7-5-9(13)6-8-11/h5-8,10H,3-4H2,1-2H3,(H2,14,15,16). The average Bonchev–Trinajstić information content (AvgIpc) is 2.29. The minimum atomic E-state index is 0.454. The van der Waals surface area contributed by atoms with Crippen LogP contribution in [-0.2, 0) is 0 Å². The van der Waals surface area contributed by atoms with E-state index in [0.717, 1.165) is 23.0 Å². The van der Waals surface area contributed by atoms with Gasteiger partial charge in [0.1, 0.15) is 0 Å². The van der Waals surface area contributed by atoms with E-state index in [1.165, 1.54) is 0 Å². The summed E-state index contributed by atoms with van der Waals surface area (Å²) in [5.41, 5.74) is 1.01. The van der Waals surface area contributed by atoms with Gasteiger partial charge >= 0.3 is 0 Å². The zero-order valence-electron chi connectivity index (χ0n) is 9.59. The Kier molecular flexibility index (Phi) is 5.77. The van der Waals surface area contributed by atoms with E-state index in [0.29, 0.717) is 11.2 Å². The van der Waals surface area contributed by atoms with Crippen LogP contribution < -0.4 is 10.6 Å². The predicted molar refractivity (Wildman–Crippen MR) is 77.9 cm³/mol. The van der Waals surface area contributed by atoms with Gasteiger partial charge in [-0.05, 0) is 49.3 Å². The van der Waals surface area contributed by atoms with Crippen molar-refractivity contribution in [1.29, 1.82) is 0 Å². The van der Waals surface area contributed by atoms with Crippen molar-refractivity contribution < 1.29 is 0 Å².